The third-order valence-electron chi connectivity index (χ3n) is 2.29. The summed E-state index contributed by atoms with van der Waals surface area (Å²) in [5.41, 5.74) is -1.33. The van der Waals surface area contributed by atoms with Crippen LogP contribution in [0.25, 0.3) is 0 Å². The van der Waals surface area contributed by atoms with Gasteiger partial charge in [-0.1, -0.05) is 0 Å². The number of β-amino-alcohol motifs (C(OH)–C–C–N with tert-alkyl or cyclic N) is 1. The van der Waals surface area contributed by atoms with Gasteiger partial charge in [0, 0.05) is 6.54 Å². The van der Waals surface area contributed by atoms with Gasteiger partial charge in [0.25, 0.3) is 0 Å². The van der Waals surface area contributed by atoms with Crippen molar-refractivity contribution in [2.24, 2.45) is 0 Å². The highest BCUT2D eigenvalue weighted by molar-refractivity contribution is 4.99. The van der Waals surface area contributed by atoms with Gasteiger partial charge in [0.15, 0.2) is 0 Å². The average molecular weight is 177 g/mol. The van der Waals surface area contributed by atoms with Crippen molar-refractivity contribution in [3.63, 3.8) is 0 Å². The average Bonchev–Trinajstić information content (AvgIpc) is 2.01. The smallest absolute Gasteiger partial charge is 0.111 e. The van der Waals surface area contributed by atoms with E-state index >= 15 is 0 Å². The summed E-state index contributed by atoms with van der Waals surface area (Å²) in [5, 5.41) is 39.6. The van der Waals surface area contributed by atoms with Crippen LogP contribution in [-0.2, 0) is 0 Å². The summed E-state index contributed by atoms with van der Waals surface area (Å²) in [6.45, 7) is 1.34. The normalized spacial score (nSPS) is 49.2. The summed E-state index contributed by atoms with van der Waals surface area (Å²) < 4.78 is 0. The molecule has 1 saturated heterocycles. The zero-order chi connectivity index (χ0) is 9.35. The summed E-state index contributed by atoms with van der Waals surface area (Å²) in [6.07, 6.45) is -2.34. The highest BCUT2D eigenvalue weighted by Crippen LogP contribution is 2.19. The van der Waals surface area contributed by atoms with Crippen molar-refractivity contribution < 1.29 is 20.4 Å². The second-order valence-electron chi connectivity index (χ2n) is 3.46. The molecule has 5 heteroatoms. The summed E-state index contributed by atoms with van der Waals surface area (Å²) >= 11 is 0. The Hall–Kier alpha value is -0.200. The quantitative estimate of drug-likeness (QED) is 0.303. The molecule has 72 valence electrons. The van der Waals surface area contributed by atoms with E-state index < -0.39 is 23.9 Å². The van der Waals surface area contributed by atoms with Crippen LogP contribution in [0.5, 0.6) is 0 Å². The van der Waals surface area contributed by atoms with Crippen molar-refractivity contribution in [2.45, 2.75) is 30.8 Å². The zero-order valence-electron chi connectivity index (χ0n) is 6.94. The molecule has 1 aliphatic heterocycles. The fourth-order valence-electron chi connectivity index (χ4n) is 1.32. The van der Waals surface area contributed by atoms with E-state index in [1.807, 2.05) is 0 Å². The van der Waals surface area contributed by atoms with Crippen LogP contribution in [0.4, 0.5) is 0 Å². The van der Waals surface area contributed by atoms with E-state index in [0.717, 1.165) is 0 Å². The van der Waals surface area contributed by atoms with Gasteiger partial charge in [-0.05, 0) is 6.92 Å². The molecule has 5 N–H and O–H groups in total. The van der Waals surface area contributed by atoms with Crippen molar-refractivity contribution in [3.8, 4) is 0 Å². The van der Waals surface area contributed by atoms with E-state index in [2.05, 4.69) is 5.32 Å². The molecule has 0 aromatic heterocycles. The molecule has 1 aliphatic rings. The number of rotatable bonds is 1. The van der Waals surface area contributed by atoms with Gasteiger partial charge in [0.05, 0.1) is 12.6 Å². The Morgan fingerprint density at radius 2 is 2.08 bits per heavy atom. The van der Waals surface area contributed by atoms with Crippen molar-refractivity contribution >= 4 is 0 Å². The number of nitrogens with one attached hydrogen (secondary N) is 1. The van der Waals surface area contributed by atoms with Gasteiger partial charge in [-0.25, -0.2) is 0 Å². The molecular formula is C7H15NO4. The lowest BCUT2D eigenvalue weighted by Gasteiger charge is -2.41. The minimum atomic E-state index is -1.33. The second-order valence-corrected chi connectivity index (χ2v) is 3.46. The first-order valence-corrected chi connectivity index (χ1v) is 3.92. The van der Waals surface area contributed by atoms with Gasteiger partial charge in [-0.3, -0.25) is 0 Å². The number of hydrogen-bond acceptors (Lipinski definition) is 5. The first-order valence-electron chi connectivity index (χ1n) is 3.92. The van der Waals surface area contributed by atoms with Gasteiger partial charge in [-0.2, -0.15) is 0 Å². The molecule has 0 spiro atoms. The van der Waals surface area contributed by atoms with E-state index in [1.165, 1.54) is 6.92 Å². The molecule has 0 unspecified atom stereocenters. The molecular weight excluding hydrogens is 162 g/mol. The van der Waals surface area contributed by atoms with Crippen molar-refractivity contribution in [3.05, 3.63) is 0 Å². The molecule has 0 aromatic carbocycles. The van der Waals surface area contributed by atoms with Crippen molar-refractivity contribution in [1.29, 1.82) is 0 Å². The number of hydrogen-bond donors (Lipinski definition) is 5. The van der Waals surface area contributed by atoms with Crippen LogP contribution in [-0.4, -0.2) is 57.4 Å². The second kappa shape index (κ2) is 3.27. The minimum absolute atomic E-state index is 0.163. The molecule has 0 saturated carbocycles. The zero-order valence-corrected chi connectivity index (χ0v) is 6.94. The lowest BCUT2D eigenvalue weighted by atomic mass is 9.87. The van der Waals surface area contributed by atoms with Gasteiger partial charge in [-0.15, -0.1) is 0 Å². The van der Waals surface area contributed by atoms with E-state index in [1.54, 1.807) is 0 Å². The SMILES string of the molecule is C[C@@]1(O)CN[C@H](CO)[C@@H](O)[C@@H]1O. The standard InChI is InChI=1S/C7H15NO4/c1-7(12)3-8-4(2-9)5(10)6(7)11/h4-6,8-12H,2-3H2,1H3/t4-,5-,6+,7-/m1/s1. The highest BCUT2D eigenvalue weighted by atomic mass is 16.4. The Bertz CT molecular complexity index is 161. The lowest BCUT2D eigenvalue weighted by Crippen LogP contribution is -2.66. The summed E-state index contributed by atoms with van der Waals surface area (Å²) in [4.78, 5) is 0. The Kier molecular flexibility index (Phi) is 2.70. The molecule has 1 rings (SSSR count). The molecule has 1 heterocycles. The fourth-order valence-corrected chi connectivity index (χ4v) is 1.32. The number of piperidine rings is 1. The molecule has 1 fully saturated rings. The minimum Gasteiger partial charge on any atom is -0.395 e. The van der Waals surface area contributed by atoms with Gasteiger partial charge in [0.2, 0.25) is 0 Å². The predicted octanol–water partition coefficient (Wildman–Crippen LogP) is -2.58. The van der Waals surface area contributed by atoms with E-state index in [4.69, 9.17) is 5.11 Å². The van der Waals surface area contributed by atoms with Gasteiger partial charge >= 0.3 is 0 Å². The Labute approximate surface area is 70.6 Å². The summed E-state index contributed by atoms with van der Waals surface area (Å²) in [5.74, 6) is 0. The molecule has 0 bridgehead atoms. The van der Waals surface area contributed by atoms with E-state index in [0.29, 0.717) is 0 Å². The predicted molar refractivity (Wildman–Crippen MR) is 41.5 cm³/mol. The lowest BCUT2D eigenvalue weighted by molar-refractivity contribution is -0.149. The van der Waals surface area contributed by atoms with Crippen LogP contribution in [0.15, 0.2) is 0 Å². The third kappa shape index (κ3) is 1.60. The maximum Gasteiger partial charge on any atom is 0.111 e. The number of aliphatic hydroxyl groups is 4. The topological polar surface area (TPSA) is 93.0 Å². The Balaban J connectivity index is 2.65. The third-order valence-corrected chi connectivity index (χ3v) is 2.29. The van der Waals surface area contributed by atoms with Crippen LogP contribution in [0, 0.1) is 0 Å². The van der Waals surface area contributed by atoms with Crippen LogP contribution in [0.3, 0.4) is 0 Å². The van der Waals surface area contributed by atoms with Crippen LogP contribution < -0.4 is 5.32 Å². The Morgan fingerprint density at radius 3 is 2.58 bits per heavy atom. The fraction of sp³-hybridized carbons (Fsp3) is 1.00. The monoisotopic (exact) mass is 177 g/mol. The molecule has 0 amide bonds. The van der Waals surface area contributed by atoms with Crippen LogP contribution in [0.1, 0.15) is 6.92 Å². The van der Waals surface area contributed by atoms with Crippen molar-refractivity contribution in [2.75, 3.05) is 13.2 Å². The van der Waals surface area contributed by atoms with Crippen LogP contribution >= 0.6 is 0 Å². The molecule has 5 nitrogen and oxygen atoms in total. The maximum absolute atomic E-state index is 9.47. The molecule has 0 aliphatic carbocycles. The van der Waals surface area contributed by atoms with E-state index in [9.17, 15) is 15.3 Å². The first-order chi connectivity index (χ1) is 5.49. The first kappa shape index (κ1) is 9.88. The Morgan fingerprint density at radius 1 is 1.50 bits per heavy atom. The van der Waals surface area contributed by atoms with Gasteiger partial charge < -0.3 is 25.7 Å². The molecule has 12 heavy (non-hydrogen) atoms. The van der Waals surface area contributed by atoms with Crippen LogP contribution in [0.2, 0.25) is 0 Å². The molecule has 4 atom stereocenters. The molecule has 0 radical (unpaired) electrons. The van der Waals surface area contributed by atoms with E-state index in [-0.39, 0.29) is 13.2 Å². The summed E-state index contributed by atoms with van der Waals surface area (Å²) in [6, 6.07) is -0.555. The largest absolute Gasteiger partial charge is 0.395 e. The molecule has 0 aromatic rings. The number of aliphatic hydroxyl groups excluding tert-OH is 3. The maximum atomic E-state index is 9.47. The highest BCUT2D eigenvalue weighted by Gasteiger charge is 2.43. The summed E-state index contributed by atoms with van der Waals surface area (Å²) in [7, 11) is 0. The van der Waals surface area contributed by atoms with Crippen molar-refractivity contribution in [1.82, 2.24) is 5.32 Å². The van der Waals surface area contributed by atoms with Gasteiger partial charge in [0.1, 0.15) is 17.8 Å².